The fourth-order valence-corrected chi connectivity index (χ4v) is 4.39. The SMILES string of the molecule is Nc1cc(Oc2cccc(CN3C(=O)c4cccc(NC(=O)c5cc(Cl)ccc5S)c4C3=O)c2)ccn1. The van der Waals surface area contributed by atoms with E-state index in [4.69, 9.17) is 22.1 Å². The van der Waals surface area contributed by atoms with Crippen molar-refractivity contribution in [2.45, 2.75) is 11.4 Å². The summed E-state index contributed by atoms with van der Waals surface area (Å²) in [5.41, 5.74) is 7.19. The zero-order valence-electron chi connectivity index (χ0n) is 19.1. The Bertz CT molecular complexity index is 1580. The zero-order chi connectivity index (χ0) is 26.1. The largest absolute Gasteiger partial charge is 0.457 e. The van der Waals surface area contributed by atoms with Crippen LogP contribution in [-0.2, 0) is 6.54 Å². The highest BCUT2D eigenvalue weighted by atomic mass is 35.5. The van der Waals surface area contributed by atoms with Gasteiger partial charge in [-0.15, -0.1) is 12.6 Å². The number of pyridine rings is 1. The molecule has 0 fully saturated rings. The Morgan fingerprint density at radius 2 is 1.78 bits per heavy atom. The zero-order valence-corrected chi connectivity index (χ0v) is 20.8. The second-order valence-corrected chi connectivity index (χ2v) is 9.12. The van der Waals surface area contributed by atoms with Crippen LogP contribution >= 0.6 is 24.2 Å². The van der Waals surface area contributed by atoms with Crippen molar-refractivity contribution in [3.05, 3.63) is 106 Å². The van der Waals surface area contributed by atoms with Gasteiger partial charge < -0.3 is 15.8 Å². The minimum Gasteiger partial charge on any atom is -0.457 e. The van der Waals surface area contributed by atoms with Crippen molar-refractivity contribution in [2.75, 3.05) is 11.1 Å². The van der Waals surface area contributed by atoms with Crippen LogP contribution < -0.4 is 15.8 Å². The molecule has 184 valence electrons. The lowest BCUT2D eigenvalue weighted by Gasteiger charge is -2.15. The van der Waals surface area contributed by atoms with Crippen LogP contribution in [0.1, 0.15) is 36.6 Å². The first-order valence-electron chi connectivity index (χ1n) is 11.1. The number of hydrogen-bond donors (Lipinski definition) is 3. The maximum absolute atomic E-state index is 13.4. The molecule has 10 heteroatoms. The first-order valence-corrected chi connectivity index (χ1v) is 11.9. The average Bonchev–Trinajstić information content (AvgIpc) is 3.11. The standard InChI is InChI=1S/C27H19ClN4O4S/c28-16-7-8-22(37)20(12-16)25(33)31-21-6-2-5-19-24(21)27(35)32(26(19)34)14-15-3-1-4-17(11-15)36-18-9-10-30-23(29)13-18/h1-13,37H,14H2,(H2,29,30)(H,31,33). The van der Waals surface area contributed by atoms with Crippen LogP contribution in [0.3, 0.4) is 0 Å². The number of nitrogen functional groups attached to an aromatic ring is 1. The lowest BCUT2D eigenvalue weighted by molar-refractivity contribution is 0.0642. The maximum atomic E-state index is 13.4. The molecule has 2 heterocycles. The number of carbonyl (C=O) groups excluding carboxylic acids is 3. The second kappa shape index (κ2) is 9.96. The fourth-order valence-electron chi connectivity index (χ4n) is 3.98. The summed E-state index contributed by atoms with van der Waals surface area (Å²) in [5, 5.41) is 3.09. The van der Waals surface area contributed by atoms with E-state index in [1.54, 1.807) is 66.7 Å². The van der Waals surface area contributed by atoms with Crippen LogP contribution in [0.4, 0.5) is 11.5 Å². The molecule has 3 N–H and O–H groups in total. The Kier molecular flexibility index (Phi) is 6.56. The van der Waals surface area contributed by atoms with E-state index in [1.165, 1.54) is 12.3 Å². The van der Waals surface area contributed by atoms with Gasteiger partial charge in [-0.05, 0) is 54.1 Å². The molecule has 0 radical (unpaired) electrons. The minimum absolute atomic E-state index is 0.0184. The minimum atomic E-state index is -0.513. The van der Waals surface area contributed by atoms with Crippen LogP contribution in [0.5, 0.6) is 11.5 Å². The Hall–Kier alpha value is -4.34. The average molecular weight is 531 g/mol. The van der Waals surface area contributed by atoms with Gasteiger partial charge in [0, 0.05) is 22.2 Å². The maximum Gasteiger partial charge on any atom is 0.263 e. The molecule has 8 nitrogen and oxygen atoms in total. The predicted molar refractivity (Wildman–Crippen MR) is 142 cm³/mol. The van der Waals surface area contributed by atoms with E-state index in [2.05, 4.69) is 22.9 Å². The number of nitrogens with two attached hydrogens (primary N) is 1. The van der Waals surface area contributed by atoms with Gasteiger partial charge >= 0.3 is 0 Å². The number of benzene rings is 3. The highest BCUT2D eigenvalue weighted by Gasteiger charge is 2.37. The van der Waals surface area contributed by atoms with E-state index in [-0.39, 0.29) is 28.9 Å². The Morgan fingerprint density at radius 1 is 1.00 bits per heavy atom. The summed E-state index contributed by atoms with van der Waals surface area (Å²) in [5.74, 6) is -0.125. The molecular formula is C27H19ClN4O4S. The van der Waals surface area contributed by atoms with Gasteiger partial charge in [0.15, 0.2) is 0 Å². The topological polar surface area (TPSA) is 115 Å². The Morgan fingerprint density at radius 3 is 2.59 bits per heavy atom. The van der Waals surface area contributed by atoms with E-state index in [1.807, 2.05) is 0 Å². The molecule has 1 aliphatic heterocycles. The van der Waals surface area contributed by atoms with Crippen molar-refractivity contribution >= 4 is 53.5 Å². The number of halogens is 1. The lowest BCUT2D eigenvalue weighted by atomic mass is 10.1. The summed E-state index contributed by atoms with van der Waals surface area (Å²) in [7, 11) is 0. The van der Waals surface area contributed by atoms with E-state index in [0.717, 1.165) is 4.90 Å². The highest BCUT2D eigenvalue weighted by Crippen LogP contribution is 2.32. The number of ether oxygens (including phenoxy) is 1. The van der Waals surface area contributed by atoms with Gasteiger partial charge in [-0.1, -0.05) is 29.8 Å². The number of aromatic nitrogens is 1. The number of fused-ring (bicyclic) bond motifs is 1. The van der Waals surface area contributed by atoms with Crippen LogP contribution in [0.25, 0.3) is 0 Å². The molecule has 1 aliphatic rings. The van der Waals surface area contributed by atoms with E-state index < -0.39 is 17.7 Å². The number of carbonyl (C=O) groups is 3. The molecular weight excluding hydrogens is 512 g/mol. The number of thiol groups is 1. The molecule has 0 atom stereocenters. The van der Waals surface area contributed by atoms with Crippen molar-refractivity contribution in [2.24, 2.45) is 0 Å². The molecule has 0 saturated carbocycles. The molecule has 0 saturated heterocycles. The summed E-state index contributed by atoms with van der Waals surface area (Å²) in [6.07, 6.45) is 1.53. The molecule has 0 bridgehead atoms. The number of rotatable bonds is 6. The normalized spacial score (nSPS) is 12.4. The van der Waals surface area contributed by atoms with Crippen LogP contribution in [0.2, 0.25) is 5.02 Å². The molecule has 5 rings (SSSR count). The molecule has 3 amide bonds. The van der Waals surface area contributed by atoms with Crippen molar-refractivity contribution in [1.82, 2.24) is 9.88 Å². The van der Waals surface area contributed by atoms with Gasteiger partial charge in [0.05, 0.1) is 28.9 Å². The van der Waals surface area contributed by atoms with E-state index in [0.29, 0.717) is 32.8 Å². The van der Waals surface area contributed by atoms with Crippen LogP contribution in [0.15, 0.2) is 83.9 Å². The summed E-state index contributed by atoms with van der Waals surface area (Å²) in [6, 6.07) is 19.7. The van der Waals surface area contributed by atoms with E-state index in [9.17, 15) is 14.4 Å². The summed E-state index contributed by atoms with van der Waals surface area (Å²) in [6.45, 7) is 0.0184. The predicted octanol–water partition coefficient (Wildman–Crippen LogP) is 5.45. The Labute approximate surface area is 222 Å². The highest BCUT2D eigenvalue weighted by molar-refractivity contribution is 7.80. The molecule has 0 spiro atoms. The lowest BCUT2D eigenvalue weighted by Crippen LogP contribution is -2.29. The second-order valence-electron chi connectivity index (χ2n) is 8.21. The van der Waals surface area contributed by atoms with Crippen LogP contribution in [-0.4, -0.2) is 27.6 Å². The quantitative estimate of drug-likeness (QED) is 0.226. The summed E-state index contributed by atoms with van der Waals surface area (Å²) >= 11 is 10.3. The monoisotopic (exact) mass is 530 g/mol. The number of hydrogen-bond acceptors (Lipinski definition) is 7. The number of imide groups is 1. The first-order chi connectivity index (χ1) is 17.8. The van der Waals surface area contributed by atoms with Gasteiger partial charge in [0.2, 0.25) is 0 Å². The van der Waals surface area contributed by atoms with Gasteiger partial charge in [-0.2, -0.15) is 0 Å². The molecule has 1 aromatic heterocycles. The van der Waals surface area contributed by atoms with Gasteiger partial charge in [0.1, 0.15) is 17.3 Å². The molecule has 37 heavy (non-hydrogen) atoms. The van der Waals surface area contributed by atoms with Gasteiger partial charge in [0.25, 0.3) is 17.7 Å². The van der Waals surface area contributed by atoms with Crippen molar-refractivity contribution in [3.8, 4) is 11.5 Å². The smallest absolute Gasteiger partial charge is 0.263 e. The van der Waals surface area contributed by atoms with Crippen LogP contribution in [0, 0.1) is 0 Å². The molecule has 0 aliphatic carbocycles. The number of nitrogens with zero attached hydrogens (tertiary/aromatic N) is 2. The van der Waals surface area contributed by atoms with E-state index >= 15 is 0 Å². The van der Waals surface area contributed by atoms with Gasteiger partial charge in [-0.3, -0.25) is 19.3 Å². The van der Waals surface area contributed by atoms with Crippen molar-refractivity contribution in [1.29, 1.82) is 0 Å². The summed E-state index contributed by atoms with van der Waals surface area (Å²) < 4.78 is 5.83. The molecule has 4 aromatic rings. The third-order valence-electron chi connectivity index (χ3n) is 5.68. The number of anilines is 2. The van der Waals surface area contributed by atoms with Crippen molar-refractivity contribution in [3.63, 3.8) is 0 Å². The number of amides is 3. The molecule has 0 unspecified atom stereocenters. The van der Waals surface area contributed by atoms with Gasteiger partial charge in [-0.25, -0.2) is 4.98 Å². The Balaban J connectivity index is 1.37. The fraction of sp³-hybridized carbons (Fsp3) is 0.0370. The first kappa shape index (κ1) is 24.4. The number of nitrogens with one attached hydrogen (secondary N) is 1. The van der Waals surface area contributed by atoms with Crippen molar-refractivity contribution < 1.29 is 19.1 Å². The molecule has 3 aromatic carbocycles. The third kappa shape index (κ3) is 5.00. The summed E-state index contributed by atoms with van der Waals surface area (Å²) in [4.78, 5) is 44.9. The third-order valence-corrected chi connectivity index (χ3v) is 6.30.